The van der Waals surface area contributed by atoms with Crippen LogP contribution in [0.4, 0.5) is 5.82 Å². The smallest absolute Gasteiger partial charge is 0.332 e. The van der Waals surface area contributed by atoms with E-state index < -0.39 is 29.6 Å². The summed E-state index contributed by atoms with van der Waals surface area (Å²) in [6.45, 7) is 3.48. The molecule has 0 aliphatic heterocycles. The normalized spacial score (nSPS) is 10.8. The number of rotatable bonds is 10. The fraction of sp³-hybridized carbons (Fsp3) is 0.409. The average molecular weight is 479 g/mol. The number of amides is 1. The van der Waals surface area contributed by atoms with E-state index in [-0.39, 0.29) is 49.1 Å². The van der Waals surface area contributed by atoms with Gasteiger partial charge in [0.05, 0.1) is 0 Å². The molecular weight excluding hydrogens is 452 g/mol. The molecule has 2 aromatic rings. The van der Waals surface area contributed by atoms with Crippen molar-refractivity contribution < 1.29 is 19.1 Å². The molecule has 0 fully saturated rings. The van der Waals surface area contributed by atoms with E-state index >= 15 is 0 Å². The molecule has 11 heteroatoms. The minimum atomic E-state index is -0.844. The maximum Gasteiger partial charge on any atom is 0.332 e. The molecule has 10 nitrogen and oxygen atoms in total. The molecule has 1 aromatic carbocycles. The van der Waals surface area contributed by atoms with Gasteiger partial charge in [-0.15, -0.1) is 0 Å². The lowest BCUT2D eigenvalue weighted by atomic mass is 10.1. The van der Waals surface area contributed by atoms with E-state index in [1.54, 1.807) is 24.3 Å². The second kappa shape index (κ2) is 11.5. The van der Waals surface area contributed by atoms with Gasteiger partial charge in [0.25, 0.3) is 11.5 Å². The van der Waals surface area contributed by atoms with E-state index in [1.807, 2.05) is 13.8 Å². The Hall–Kier alpha value is -3.40. The number of aromatic nitrogens is 2. The summed E-state index contributed by atoms with van der Waals surface area (Å²) in [5.74, 6) is -1.98. The van der Waals surface area contributed by atoms with E-state index in [1.165, 1.54) is 7.05 Å². The van der Waals surface area contributed by atoms with Crippen molar-refractivity contribution in [3.63, 3.8) is 0 Å². The van der Waals surface area contributed by atoms with Crippen LogP contribution in [0.3, 0.4) is 0 Å². The van der Waals surface area contributed by atoms with Crippen LogP contribution in [0.1, 0.15) is 47.4 Å². The summed E-state index contributed by atoms with van der Waals surface area (Å²) in [5.41, 5.74) is 4.51. The van der Waals surface area contributed by atoms with E-state index in [4.69, 9.17) is 22.1 Å². The van der Waals surface area contributed by atoms with Gasteiger partial charge in [-0.05, 0) is 36.6 Å². The van der Waals surface area contributed by atoms with Gasteiger partial charge in [-0.3, -0.25) is 28.3 Å². The highest BCUT2D eigenvalue weighted by Gasteiger charge is 2.23. The standard InChI is InChI=1S/C22H27ClN4O6/c1-13(2)11-27-19(24)18(21(31)26(3)22(27)32)16(28)12-33-17(29)5-4-10-25-20(30)14-6-8-15(23)9-7-14/h6-9,13H,4-5,10-12,24H2,1-3H3,(H,25,30). The van der Waals surface area contributed by atoms with Crippen LogP contribution in [0.25, 0.3) is 0 Å². The number of hydrogen-bond donors (Lipinski definition) is 2. The Bertz CT molecular complexity index is 1150. The number of nitrogens with one attached hydrogen (secondary N) is 1. The van der Waals surface area contributed by atoms with Crippen molar-refractivity contribution in [3.05, 3.63) is 61.3 Å². The predicted molar refractivity (Wildman–Crippen MR) is 124 cm³/mol. The van der Waals surface area contributed by atoms with Crippen LogP contribution in [0.5, 0.6) is 0 Å². The third-order valence-electron chi connectivity index (χ3n) is 4.72. The lowest BCUT2D eigenvalue weighted by Crippen LogP contribution is -2.43. The fourth-order valence-corrected chi connectivity index (χ4v) is 3.14. The van der Waals surface area contributed by atoms with Crippen molar-refractivity contribution in [2.45, 2.75) is 33.2 Å². The molecule has 1 aromatic heterocycles. The molecule has 0 atom stereocenters. The maximum absolute atomic E-state index is 12.5. The van der Waals surface area contributed by atoms with Crippen molar-refractivity contribution >= 4 is 35.1 Å². The number of benzene rings is 1. The average Bonchev–Trinajstić information content (AvgIpc) is 2.77. The van der Waals surface area contributed by atoms with E-state index in [2.05, 4.69) is 5.32 Å². The van der Waals surface area contributed by atoms with Crippen molar-refractivity contribution in [2.75, 3.05) is 18.9 Å². The zero-order chi connectivity index (χ0) is 24.7. The number of halogens is 1. The maximum atomic E-state index is 12.5. The number of nitrogens with two attached hydrogens (primary N) is 1. The van der Waals surface area contributed by atoms with Crippen molar-refractivity contribution in [1.82, 2.24) is 14.5 Å². The number of carbonyl (C=O) groups excluding carboxylic acids is 3. The minimum absolute atomic E-state index is 0.0449. The van der Waals surface area contributed by atoms with Crippen LogP contribution >= 0.6 is 11.6 Å². The zero-order valence-electron chi connectivity index (χ0n) is 18.7. The number of anilines is 1. The number of nitrogen functional groups attached to an aromatic ring is 1. The summed E-state index contributed by atoms with van der Waals surface area (Å²) in [5, 5.41) is 3.18. The largest absolute Gasteiger partial charge is 0.457 e. The Labute approximate surface area is 195 Å². The van der Waals surface area contributed by atoms with Gasteiger partial charge in [0.1, 0.15) is 11.4 Å². The van der Waals surface area contributed by atoms with Gasteiger partial charge in [-0.1, -0.05) is 25.4 Å². The molecule has 0 unspecified atom stereocenters. The first-order chi connectivity index (χ1) is 15.5. The van der Waals surface area contributed by atoms with Crippen LogP contribution in [0.15, 0.2) is 33.9 Å². The third kappa shape index (κ3) is 6.79. The van der Waals surface area contributed by atoms with Crippen molar-refractivity contribution in [3.8, 4) is 0 Å². The summed E-state index contributed by atoms with van der Waals surface area (Å²) < 4.78 is 6.92. The van der Waals surface area contributed by atoms with Crippen molar-refractivity contribution in [1.29, 1.82) is 0 Å². The Morgan fingerprint density at radius 3 is 2.39 bits per heavy atom. The molecule has 0 aliphatic rings. The quantitative estimate of drug-likeness (QED) is 0.298. The predicted octanol–water partition coefficient (Wildman–Crippen LogP) is 1.37. The number of nitrogens with zero attached hydrogens (tertiary/aromatic N) is 2. The summed E-state index contributed by atoms with van der Waals surface area (Å²) in [6, 6.07) is 6.36. The Balaban J connectivity index is 1.90. The summed E-state index contributed by atoms with van der Waals surface area (Å²) in [4.78, 5) is 61.2. The summed E-state index contributed by atoms with van der Waals surface area (Å²) in [7, 11) is 1.25. The summed E-state index contributed by atoms with van der Waals surface area (Å²) >= 11 is 5.78. The molecule has 0 radical (unpaired) electrons. The minimum Gasteiger partial charge on any atom is -0.457 e. The van der Waals surface area contributed by atoms with Gasteiger partial charge in [-0.25, -0.2) is 4.79 Å². The lowest BCUT2D eigenvalue weighted by Gasteiger charge is -2.16. The molecule has 178 valence electrons. The molecule has 3 N–H and O–H groups in total. The Morgan fingerprint density at radius 1 is 1.15 bits per heavy atom. The first kappa shape index (κ1) is 25.9. The molecule has 1 heterocycles. The lowest BCUT2D eigenvalue weighted by molar-refractivity contribution is -0.142. The molecule has 0 spiro atoms. The zero-order valence-corrected chi connectivity index (χ0v) is 19.5. The SMILES string of the molecule is CC(C)Cn1c(N)c(C(=O)COC(=O)CCCNC(=O)c2ccc(Cl)cc2)c(=O)n(C)c1=O. The molecule has 0 saturated carbocycles. The number of carbonyl (C=O) groups is 3. The van der Waals surface area contributed by atoms with E-state index in [9.17, 15) is 24.0 Å². The van der Waals surface area contributed by atoms with Gasteiger partial charge >= 0.3 is 11.7 Å². The first-order valence-electron chi connectivity index (χ1n) is 10.3. The highest BCUT2D eigenvalue weighted by atomic mass is 35.5. The van der Waals surface area contributed by atoms with Crippen LogP contribution in [-0.4, -0.2) is 39.9 Å². The third-order valence-corrected chi connectivity index (χ3v) is 4.98. The molecular formula is C22H27ClN4O6. The molecule has 2 rings (SSSR count). The van der Waals surface area contributed by atoms with Gasteiger partial charge in [0.15, 0.2) is 6.61 Å². The number of ether oxygens (including phenoxy) is 1. The number of esters is 1. The number of Topliss-reactive ketones (excluding diaryl/α,β-unsaturated/α-hetero) is 1. The topological polar surface area (TPSA) is 142 Å². The van der Waals surface area contributed by atoms with Crippen molar-refractivity contribution in [2.24, 2.45) is 13.0 Å². The van der Waals surface area contributed by atoms with Crippen LogP contribution < -0.4 is 22.3 Å². The highest BCUT2D eigenvalue weighted by molar-refractivity contribution is 6.30. The van der Waals surface area contributed by atoms with E-state index in [0.29, 0.717) is 10.6 Å². The molecule has 1 amide bonds. The van der Waals surface area contributed by atoms with Crippen LogP contribution in [0.2, 0.25) is 5.02 Å². The number of ketones is 1. The Morgan fingerprint density at radius 2 is 1.79 bits per heavy atom. The summed E-state index contributed by atoms with van der Waals surface area (Å²) in [6.07, 6.45) is 0.240. The van der Waals surface area contributed by atoms with Crippen LogP contribution in [-0.2, 0) is 23.1 Å². The van der Waals surface area contributed by atoms with E-state index in [0.717, 1.165) is 9.13 Å². The second-order valence-corrected chi connectivity index (χ2v) is 8.30. The van der Waals surface area contributed by atoms with Gasteiger partial charge in [0, 0.05) is 37.1 Å². The molecule has 0 saturated heterocycles. The fourth-order valence-electron chi connectivity index (χ4n) is 3.02. The second-order valence-electron chi connectivity index (χ2n) is 7.86. The van der Waals surface area contributed by atoms with Gasteiger partial charge < -0.3 is 15.8 Å². The monoisotopic (exact) mass is 478 g/mol. The molecule has 33 heavy (non-hydrogen) atoms. The number of hydrogen-bond acceptors (Lipinski definition) is 7. The van der Waals surface area contributed by atoms with Gasteiger partial charge in [0.2, 0.25) is 5.78 Å². The molecule has 0 bridgehead atoms. The highest BCUT2D eigenvalue weighted by Crippen LogP contribution is 2.10. The van der Waals surface area contributed by atoms with Gasteiger partial charge in [-0.2, -0.15) is 0 Å². The molecule has 0 aliphatic carbocycles. The Kier molecular flexibility index (Phi) is 8.98. The van der Waals surface area contributed by atoms with Crippen LogP contribution in [0, 0.1) is 5.92 Å². The first-order valence-corrected chi connectivity index (χ1v) is 10.7.